The van der Waals surface area contributed by atoms with Gasteiger partial charge in [-0.25, -0.2) is 4.39 Å². The molecule has 0 radical (unpaired) electrons. The van der Waals surface area contributed by atoms with E-state index in [4.69, 9.17) is 23.8 Å². The second-order valence-electron chi connectivity index (χ2n) is 4.55. The summed E-state index contributed by atoms with van der Waals surface area (Å²) in [6, 6.07) is 6.17. The van der Waals surface area contributed by atoms with Gasteiger partial charge in [0.15, 0.2) is 5.11 Å². The SMILES string of the molecule is Cc1c(Cl)cnn1CCCNC(=S)Nc1cccc(F)c1. The molecule has 2 N–H and O–H groups in total. The average Bonchev–Trinajstić information content (AvgIpc) is 2.75. The van der Waals surface area contributed by atoms with Gasteiger partial charge in [-0.05, 0) is 43.8 Å². The van der Waals surface area contributed by atoms with Gasteiger partial charge < -0.3 is 10.6 Å². The maximum Gasteiger partial charge on any atom is 0.170 e. The van der Waals surface area contributed by atoms with Crippen LogP contribution >= 0.6 is 23.8 Å². The molecule has 0 fully saturated rings. The van der Waals surface area contributed by atoms with Crippen molar-refractivity contribution in [1.82, 2.24) is 15.1 Å². The summed E-state index contributed by atoms with van der Waals surface area (Å²) in [7, 11) is 0. The molecule has 0 unspecified atom stereocenters. The van der Waals surface area contributed by atoms with E-state index in [2.05, 4.69) is 15.7 Å². The van der Waals surface area contributed by atoms with Gasteiger partial charge in [-0.1, -0.05) is 17.7 Å². The zero-order valence-electron chi connectivity index (χ0n) is 11.6. The van der Waals surface area contributed by atoms with Crippen LogP contribution in [0.25, 0.3) is 0 Å². The quantitative estimate of drug-likeness (QED) is 0.653. The Morgan fingerprint density at radius 1 is 1.48 bits per heavy atom. The van der Waals surface area contributed by atoms with Gasteiger partial charge >= 0.3 is 0 Å². The Hall–Kier alpha value is -1.66. The van der Waals surface area contributed by atoms with E-state index in [1.54, 1.807) is 18.3 Å². The number of benzene rings is 1. The van der Waals surface area contributed by atoms with Crippen molar-refractivity contribution in [3.63, 3.8) is 0 Å². The lowest BCUT2D eigenvalue weighted by molar-refractivity contribution is 0.561. The van der Waals surface area contributed by atoms with Crippen LogP contribution in [0.4, 0.5) is 10.1 Å². The Morgan fingerprint density at radius 3 is 2.95 bits per heavy atom. The molecule has 1 aromatic carbocycles. The van der Waals surface area contributed by atoms with Crippen LogP contribution in [-0.2, 0) is 6.54 Å². The van der Waals surface area contributed by atoms with E-state index in [0.29, 0.717) is 22.4 Å². The molecule has 0 atom stereocenters. The summed E-state index contributed by atoms with van der Waals surface area (Å²) in [5.41, 5.74) is 1.58. The molecule has 1 heterocycles. The summed E-state index contributed by atoms with van der Waals surface area (Å²) in [6.45, 7) is 3.38. The molecule has 0 spiro atoms. The number of anilines is 1. The van der Waals surface area contributed by atoms with Crippen LogP contribution in [-0.4, -0.2) is 21.4 Å². The molecule has 0 aliphatic carbocycles. The molecule has 2 aromatic rings. The van der Waals surface area contributed by atoms with E-state index in [1.165, 1.54) is 12.1 Å². The minimum Gasteiger partial charge on any atom is -0.362 e. The molecule has 21 heavy (non-hydrogen) atoms. The van der Waals surface area contributed by atoms with Gasteiger partial charge in [0.25, 0.3) is 0 Å². The lowest BCUT2D eigenvalue weighted by atomic mass is 10.3. The standard InChI is InChI=1S/C14H16ClFN4S/c1-10-13(15)9-18-20(10)7-3-6-17-14(21)19-12-5-2-4-11(16)8-12/h2,4-5,8-9H,3,6-7H2,1H3,(H2,17,19,21). The highest BCUT2D eigenvalue weighted by Gasteiger charge is 2.03. The highest BCUT2D eigenvalue weighted by Crippen LogP contribution is 2.13. The topological polar surface area (TPSA) is 41.9 Å². The molecular weight excluding hydrogens is 311 g/mol. The second-order valence-corrected chi connectivity index (χ2v) is 5.36. The number of halogens is 2. The molecule has 0 saturated heterocycles. The van der Waals surface area contributed by atoms with E-state index in [-0.39, 0.29) is 5.82 Å². The van der Waals surface area contributed by atoms with Crippen molar-refractivity contribution in [2.75, 3.05) is 11.9 Å². The van der Waals surface area contributed by atoms with Gasteiger partial charge in [0.1, 0.15) is 5.82 Å². The van der Waals surface area contributed by atoms with Crippen LogP contribution in [0.3, 0.4) is 0 Å². The Morgan fingerprint density at radius 2 is 2.29 bits per heavy atom. The van der Waals surface area contributed by atoms with Crippen molar-refractivity contribution in [1.29, 1.82) is 0 Å². The Bertz CT molecular complexity index is 629. The third kappa shape index (κ3) is 4.68. The predicted octanol–water partition coefficient (Wildman–Crippen LogP) is 3.36. The van der Waals surface area contributed by atoms with Crippen LogP contribution in [0.15, 0.2) is 30.5 Å². The molecule has 4 nitrogen and oxygen atoms in total. The summed E-state index contributed by atoms with van der Waals surface area (Å²) in [6.07, 6.45) is 2.49. The van der Waals surface area contributed by atoms with Crippen LogP contribution in [0.5, 0.6) is 0 Å². The van der Waals surface area contributed by atoms with Crippen molar-refractivity contribution >= 4 is 34.6 Å². The lowest BCUT2D eigenvalue weighted by Crippen LogP contribution is -2.29. The summed E-state index contributed by atoms with van der Waals surface area (Å²) in [5.74, 6) is -0.297. The van der Waals surface area contributed by atoms with Crippen molar-refractivity contribution in [2.45, 2.75) is 19.9 Å². The summed E-state index contributed by atoms with van der Waals surface area (Å²) in [5, 5.41) is 11.3. The maximum atomic E-state index is 13.0. The first-order valence-corrected chi connectivity index (χ1v) is 7.33. The average molecular weight is 327 g/mol. The fourth-order valence-corrected chi connectivity index (χ4v) is 2.18. The fourth-order valence-electron chi connectivity index (χ4n) is 1.82. The van der Waals surface area contributed by atoms with E-state index in [0.717, 1.165) is 18.7 Å². The van der Waals surface area contributed by atoms with E-state index in [9.17, 15) is 4.39 Å². The molecule has 0 saturated carbocycles. The van der Waals surface area contributed by atoms with Crippen molar-refractivity contribution in [3.05, 3.63) is 47.0 Å². The van der Waals surface area contributed by atoms with Gasteiger partial charge in [0.2, 0.25) is 0 Å². The third-order valence-electron chi connectivity index (χ3n) is 2.96. The number of rotatable bonds is 5. The monoisotopic (exact) mass is 326 g/mol. The first kappa shape index (κ1) is 15.7. The van der Waals surface area contributed by atoms with Gasteiger partial charge in [0.05, 0.1) is 16.9 Å². The zero-order chi connectivity index (χ0) is 15.2. The summed E-state index contributed by atoms with van der Waals surface area (Å²) < 4.78 is 14.9. The third-order valence-corrected chi connectivity index (χ3v) is 3.58. The van der Waals surface area contributed by atoms with Gasteiger partial charge in [-0.2, -0.15) is 5.10 Å². The van der Waals surface area contributed by atoms with Crippen molar-refractivity contribution in [3.8, 4) is 0 Å². The number of nitrogens with one attached hydrogen (secondary N) is 2. The molecule has 0 amide bonds. The molecular formula is C14H16ClFN4S. The van der Waals surface area contributed by atoms with E-state index >= 15 is 0 Å². The first-order valence-electron chi connectivity index (χ1n) is 6.54. The summed E-state index contributed by atoms with van der Waals surface area (Å²) >= 11 is 11.1. The Labute approximate surface area is 133 Å². The van der Waals surface area contributed by atoms with Crippen LogP contribution in [0.1, 0.15) is 12.1 Å². The van der Waals surface area contributed by atoms with Crippen molar-refractivity contribution in [2.24, 2.45) is 0 Å². The maximum absolute atomic E-state index is 13.0. The zero-order valence-corrected chi connectivity index (χ0v) is 13.1. The first-order chi connectivity index (χ1) is 10.1. The number of nitrogens with zero attached hydrogens (tertiary/aromatic N) is 2. The minimum absolute atomic E-state index is 0.297. The van der Waals surface area contributed by atoms with Gasteiger partial charge in [0, 0.05) is 18.8 Å². The molecule has 7 heteroatoms. The number of aromatic nitrogens is 2. The number of thiocarbonyl (C=S) groups is 1. The number of hydrogen-bond acceptors (Lipinski definition) is 2. The van der Waals surface area contributed by atoms with Gasteiger partial charge in [-0.15, -0.1) is 0 Å². The molecule has 1 aromatic heterocycles. The Balaban J connectivity index is 1.71. The van der Waals surface area contributed by atoms with Crippen LogP contribution in [0.2, 0.25) is 5.02 Å². The molecule has 0 aliphatic rings. The molecule has 112 valence electrons. The van der Waals surface area contributed by atoms with Crippen LogP contribution in [0, 0.1) is 12.7 Å². The van der Waals surface area contributed by atoms with E-state index in [1.807, 2.05) is 11.6 Å². The Kier molecular flexibility index (Phi) is 5.52. The highest BCUT2D eigenvalue weighted by atomic mass is 35.5. The lowest BCUT2D eigenvalue weighted by Gasteiger charge is -2.11. The predicted molar refractivity (Wildman–Crippen MR) is 87.2 cm³/mol. The van der Waals surface area contributed by atoms with E-state index < -0.39 is 0 Å². The highest BCUT2D eigenvalue weighted by molar-refractivity contribution is 7.80. The largest absolute Gasteiger partial charge is 0.362 e. The normalized spacial score (nSPS) is 10.4. The molecule has 2 rings (SSSR count). The number of hydrogen-bond donors (Lipinski definition) is 2. The smallest absolute Gasteiger partial charge is 0.170 e. The van der Waals surface area contributed by atoms with Crippen molar-refractivity contribution < 1.29 is 4.39 Å². The second kappa shape index (κ2) is 7.38. The molecule has 0 aliphatic heterocycles. The number of aryl methyl sites for hydroxylation is 1. The summed E-state index contributed by atoms with van der Waals surface area (Å²) in [4.78, 5) is 0. The van der Waals surface area contributed by atoms with Crippen LogP contribution < -0.4 is 10.6 Å². The van der Waals surface area contributed by atoms with Gasteiger partial charge in [-0.3, -0.25) is 4.68 Å². The minimum atomic E-state index is -0.297. The molecule has 0 bridgehead atoms. The fraction of sp³-hybridized carbons (Fsp3) is 0.286.